The van der Waals surface area contributed by atoms with Crippen LogP contribution in [-0.4, -0.2) is 54.7 Å². The number of carbonyl (C=O) groups excluding carboxylic acids is 1. The molecule has 0 atom stereocenters. The van der Waals surface area contributed by atoms with E-state index in [1.165, 1.54) is 34.6 Å². The lowest BCUT2D eigenvalue weighted by atomic mass is 10.1. The van der Waals surface area contributed by atoms with Crippen molar-refractivity contribution in [1.82, 2.24) is 14.2 Å². The van der Waals surface area contributed by atoms with Crippen LogP contribution < -0.4 is 0 Å². The van der Waals surface area contributed by atoms with Crippen LogP contribution in [0.2, 0.25) is 0 Å². The molecule has 1 fully saturated rings. The number of carbonyl (C=O) groups is 1. The SMILES string of the molecule is Cc1nc2cc(F)ccc2cc1C(=O)N1CCN(S(=O)(=O)c2cccc(F)c2)CC1. The number of pyridine rings is 1. The van der Waals surface area contributed by atoms with Crippen molar-refractivity contribution in [1.29, 1.82) is 0 Å². The average Bonchev–Trinajstić information content (AvgIpc) is 2.73. The summed E-state index contributed by atoms with van der Waals surface area (Å²) in [5.41, 5.74) is 1.35. The average molecular weight is 431 g/mol. The van der Waals surface area contributed by atoms with Crippen molar-refractivity contribution in [3.8, 4) is 0 Å². The summed E-state index contributed by atoms with van der Waals surface area (Å²) in [4.78, 5) is 18.8. The molecule has 0 saturated carbocycles. The third-order valence-corrected chi connectivity index (χ3v) is 7.06. The van der Waals surface area contributed by atoms with Gasteiger partial charge in [0.15, 0.2) is 0 Å². The minimum atomic E-state index is -3.83. The van der Waals surface area contributed by atoms with Crippen LogP contribution in [0.5, 0.6) is 0 Å². The van der Waals surface area contributed by atoms with E-state index < -0.39 is 21.7 Å². The Morgan fingerprint density at radius 2 is 1.67 bits per heavy atom. The van der Waals surface area contributed by atoms with E-state index in [9.17, 15) is 22.0 Å². The fourth-order valence-electron chi connectivity index (χ4n) is 3.53. The molecule has 1 aromatic heterocycles. The molecule has 1 amide bonds. The first-order valence-electron chi connectivity index (χ1n) is 9.37. The number of aryl methyl sites for hydroxylation is 1. The lowest BCUT2D eigenvalue weighted by Crippen LogP contribution is -2.50. The van der Waals surface area contributed by atoms with Crippen LogP contribution in [0, 0.1) is 18.6 Å². The van der Waals surface area contributed by atoms with E-state index in [-0.39, 0.29) is 37.0 Å². The molecular weight excluding hydrogens is 412 g/mol. The van der Waals surface area contributed by atoms with Gasteiger partial charge in [-0.3, -0.25) is 9.78 Å². The van der Waals surface area contributed by atoms with Gasteiger partial charge in [0.2, 0.25) is 10.0 Å². The first kappa shape index (κ1) is 20.4. The van der Waals surface area contributed by atoms with Gasteiger partial charge in [0.05, 0.1) is 21.7 Å². The molecule has 2 aromatic carbocycles. The standard InChI is InChI=1S/C21H19F2N3O3S/c1-14-19(11-15-5-6-17(23)13-20(15)24-14)21(27)25-7-9-26(10-8-25)30(28,29)18-4-2-3-16(22)12-18/h2-6,11-13H,7-10H2,1H3. The maximum absolute atomic E-state index is 13.4. The summed E-state index contributed by atoms with van der Waals surface area (Å²) in [7, 11) is -3.83. The molecule has 0 radical (unpaired) electrons. The molecule has 0 bridgehead atoms. The Balaban J connectivity index is 1.51. The molecule has 0 N–H and O–H groups in total. The monoisotopic (exact) mass is 431 g/mol. The van der Waals surface area contributed by atoms with Gasteiger partial charge in [0.1, 0.15) is 11.6 Å². The highest BCUT2D eigenvalue weighted by atomic mass is 32.2. The summed E-state index contributed by atoms with van der Waals surface area (Å²) in [5.74, 6) is -1.28. The highest BCUT2D eigenvalue weighted by Crippen LogP contribution is 2.22. The maximum atomic E-state index is 13.4. The third kappa shape index (κ3) is 3.78. The van der Waals surface area contributed by atoms with Gasteiger partial charge in [-0.2, -0.15) is 4.31 Å². The van der Waals surface area contributed by atoms with Crippen LogP contribution in [-0.2, 0) is 10.0 Å². The molecule has 2 heterocycles. The summed E-state index contributed by atoms with van der Waals surface area (Å²) in [6, 6.07) is 10.7. The number of piperazine rings is 1. The van der Waals surface area contributed by atoms with Crippen molar-refractivity contribution in [3.05, 3.63) is 71.4 Å². The second-order valence-corrected chi connectivity index (χ2v) is 9.05. The van der Waals surface area contributed by atoms with Crippen molar-refractivity contribution in [2.75, 3.05) is 26.2 Å². The zero-order chi connectivity index (χ0) is 21.5. The molecule has 9 heteroatoms. The quantitative estimate of drug-likeness (QED) is 0.639. The molecule has 30 heavy (non-hydrogen) atoms. The van der Waals surface area contributed by atoms with E-state index in [2.05, 4.69) is 4.98 Å². The van der Waals surface area contributed by atoms with Gasteiger partial charge in [-0.05, 0) is 43.3 Å². The van der Waals surface area contributed by atoms with Crippen LogP contribution in [0.25, 0.3) is 10.9 Å². The van der Waals surface area contributed by atoms with Gasteiger partial charge in [-0.25, -0.2) is 17.2 Å². The second-order valence-electron chi connectivity index (χ2n) is 7.11. The Bertz CT molecular complexity index is 1240. The van der Waals surface area contributed by atoms with Crippen molar-refractivity contribution in [2.45, 2.75) is 11.8 Å². The van der Waals surface area contributed by atoms with E-state index in [1.54, 1.807) is 24.0 Å². The first-order chi connectivity index (χ1) is 14.3. The first-order valence-corrected chi connectivity index (χ1v) is 10.8. The Hall–Kier alpha value is -2.91. The number of amides is 1. The smallest absolute Gasteiger partial charge is 0.255 e. The second kappa shape index (κ2) is 7.73. The Morgan fingerprint density at radius 3 is 2.37 bits per heavy atom. The van der Waals surface area contributed by atoms with E-state index in [4.69, 9.17) is 0 Å². The largest absolute Gasteiger partial charge is 0.336 e. The summed E-state index contributed by atoms with van der Waals surface area (Å²) in [6.45, 7) is 2.30. The van der Waals surface area contributed by atoms with Gasteiger partial charge in [-0.1, -0.05) is 6.07 Å². The molecule has 156 valence electrons. The number of hydrogen-bond acceptors (Lipinski definition) is 4. The zero-order valence-electron chi connectivity index (χ0n) is 16.2. The number of fused-ring (bicyclic) bond motifs is 1. The molecule has 1 aliphatic rings. The highest BCUT2D eigenvalue weighted by Gasteiger charge is 2.31. The number of aromatic nitrogens is 1. The summed E-state index contributed by atoms with van der Waals surface area (Å²) < 4.78 is 53.5. The fraction of sp³-hybridized carbons (Fsp3) is 0.238. The van der Waals surface area contributed by atoms with Gasteiger partial charge in [0.25, 0.3) is 5.91 Å². The highest BCUT2D eigenvalue weighted by molar-refractivity contribution is 7.89. The molecule has 0 spiro atoms. The van der Waals surface area contributed by atoms with Gasteiger partial charge < -0.3 is 4.90 Å². The van der Waals surface area contributed by atoms with Crippen LogP contribution >= 0.6 is 0 Å². The summed E-state index contributed by atoms with van der Waals surface area (Å²) in [5, 5.41) is 0.651. The fourth-order valence-corrected chi connectivity index (χ4v) is 4.99. The van der Waals surface area contributed by atoms with E-state index in [1.807, 2.05) is 0 Å². The van der Waals surface area contributed by atoms with E-state index >= 15 is 0 Å². The molecule has 1 saturated heterocycles. The Kier molecular flexibility index (Phi) is 5.25. The Morgan fingerprint density at radius 1 is 0.967 bits per heavy atom. The van der Waals surface area contributed by atoms with Crippen LogP contribution in [0.3, 0.4) is 0 Å². The van der Waals surface area contributed by atoms with Crippen LogP contribution in [0.15, 0.2) is 53.4 Å². The van der Waals surface area contributed by atoms with Crippen molar-refractivity contribution >= 4 is 26.8 Å². The van der Waals surface area contributed by atoms with Gasteiger partial charge >= 0.3 is 0 Å². The predicted molar refractivity (Wildman–Crippen MR) is 108 cm³/mol. The number of benzene rings is 2. The molecule has 0 unspecified atom stereocenters. The zero-order valence-corrected chi connectivity index (χ0v) is 17.0. The molecule has 6 nitrogen and oxygen atoms in total. The number of halogens is 2. The lowest BCUT2D eigenvalue weighted by Gasteiger charge is -2.34. The van der Waals surface area contributed by atoms with Crippen LogP contribution in [0.4, 0.5) is 8.78 Å². The number of sulfonamides is 1. The van der Waals surface area contributed by atoms with Gasteiger partial charge in [-0.15, -0.1) is 0 Å². The molecule has 1 aliphatic heterocycles. The number of hydrogen-bond donors (Lipinski definition) is 0. The normalized spacial score (nSPS) is 15.5. The van der Waals surface area contributed by atoms with E-state index in [0.29, 0.717) is 22.2 Å². The number of rotatable bonds is 3. The molecule has 3 aromatic rings. The molecule has 0 aliphatic carbocycles. The molecule has 4 rings (SSSR count). The third-order valence-electron chi connectivity index (χ3n) is 5.16. The summed E-state index contributed by atoms with van der Waals surface area (Å²) in [6.07, 6.45) is 0. The number of nitrogens with zero attached hydrogens (tertiary/aromatic N) is 3. The molecular formula is C21H19F2N3O3S. The van der Waals surface area contributed by atoms with Crippen LogP contribution in [0.1, 0.15) is 16.1 Å². The predicted octanol–water partition coefficient (Wildman–Crippen LogP) is 2.97. The maximum Gasteiger partial charge on any atom is 0.255 e. The van der Waals surface area contributed by atoms with Gasteiger partial charge in [0, 0.05) is 37.6 Å². The summed E-state index contributed by atoms with van der Waals surface area (Å²) >= 11 is 0. The topological polar surface area (TPSA) is 70.6 Å². The minimum Gasteiger partial charge on any atom is -0.336 e. The van der Waals surface area contributed by atoms with E-state index in [0.717, 1.165) is 6.07 Å². The lowest BCUT2D eigenvalue weighted by molar-refractivity contribution is 0.0697. The van der Waals surface area contributed by atoms with Crippen molar-refractivity contribution in [3.63, 3.8) is 0 Å². The van der Waals surface area contributed by atoms with Crippen molar-refractivity contribution < 1.29 is 22.0 Å². The van der Waals surface area contributed by atoms with Crippen molar-refractivity contribution in [2.24, 2.45) is 0 Å². The minimum absolute atomic E-state index is 0.107. The Labute approximate surface area is 172 Å².